The lowest BCUT2D eigenvalue weighted by Gasteiger charge is -2.00. The van der Waals surface area contributed by atoms with Crippen LogP contribution in [-0.4, -0.2) is 16.0 Å². The lowest BCUT2D eigenvalue weighted by Crippen LogP contribution is -2.02. The standard InChI is InChI=1S/C8H3BrN2O4/c9-7-2-4(11(14)15)1-5(8(12)13)6(7)3-10/h1-2H,(H,12,13). The maximum absolute atomic E-state index is 10.7. The van der Waals surface area contributed by atoms with Gasteiger partial charge in [0.25, 0.3) is 5.69 Å². The number of carboxylic acid groups (broad SMARTS) is 1. The number of hydrogen-bond acceptors (Lipinski definition) is 4. The van der Waals surface area contributed by atoms with E-state index in [1.165, 1.54) is 0 Å². The Morgan fingerprint density at radius 3 is 2.60 bits per heavy atom. The van der Waals surface area contributed by atoms with Crippen molar-refractivity contribution in [2.75, 3.05) is 0 Å². The van der Waals surface area contributed by atoms with Crippen molar-refractivity contribution in [3.05, 3.63) is 37.8 Å². The minimum atomic E-state index is -1.38. The summed E-state index contributed by atoms with van der Waals surface area (Å²) in [7, 11) is 0. The second-order valence-corrected chi connectivity index (χ2v) is 3.38. The van der Waals surface area contributed by atoms with Crippen molar-refractivity contribution in [2.24, 2.45) is 0 Å². The fraction of sp³-hybridized carbons (Fsp3) is 0. The number of rotatable bonds is 2. The van der Waals surface area contributed by atoms with Crippen molar-refractivity contribution in [2.45, 2.75) is 0 Å². The third-order valence-electron chi connectivity index (χ3n) is 1.63. The molecule has 0 heterocycles. The second kappa shape index (κ2) is 4.06. The number of nitrogens with zero attached hydrogens (tertiary/aromatic N) is 2. The van der Waals surface area contributed by atoms with Crippen molar-refractivity contribution in [1.29, 1.82) is 5.26 Å². The maximum Gasteiger partial charge on any atom is 0.337 e. The van der Waals surface area contributed by atoms with Crippen LogP contribution in [0, 0.1) is 21.4 Å². The van der Waals surface area contributed by atoms with Crippen molar-refractivity contribution in [3.8, 4) is 6.07 Å². The number of hydrogen-bond donors (Lipinski definition) is 1. The van der Waals surface area contributed by atoms with E-state index in [1.807, 2.05) is 0 Å². The monoisotopic (exact) mass is 270 g/mol. The molecule has 0 saturated carbocycles. The van der Waals surface area contributed by atoms with Gasteiger partial charge in [-0.05, 0) is 15.9 Å². The van der Waals surface area contributed by atoms with E-state index in [0.29, 0.717) is 0 Å². The summed E-state index contributed by atoms with van der Waals surface area (Å²) in [5.41, 5.74) is -0.898. The molecule has 15 heavy (non-hydrogen) atoms. The van der Waals surface area contributed by atoms with Crippen LogP contribution in [0.4, 0.5) is 5.69 Å². The molecule has 1 rings (SSSR count). The fourth-order valence-corrected chi connectivity index (χ4v) is 1.52. The average Bonchev–Trinajstić information content (AvgIpc) is 2.16. The largest absolute Gasteiger partial charge is 0.478 e. The van der Waals surface area contributed by atoms with Gasteiger partial charge in [-0.25, -0.2) is 4.79 Å². The van der Waals surface area contributed by atoms with Gasteiger partial charge in [0.1, 0.15) is 6.07 Å². The molecule has 0 aliphatic carbocycles. The Hall–Kier alpha value is -1.94. The van der Waals surface area contributed by atoms with E-state index in [9.17, 15) is 14.9 Å². The van der Waals surface area contributed by atoms with Crippen molar-refractivity contribution in [1.82, 2.24) is 0 Å². The Kier molecular flexibility index (Phi) is 3.01. The molecule has 1 N–H and O–H groups in total. The molecule has 7 heteroatoms. The average molecular weight is 271 g/mol. The Balaban J connectivity index is 3.54. The minimum absolute atomic E-state index is 0.0941. The molecule has 6 nitrogen and oxygen atoms in total. The smallest absolute Gasteiger partial charge is 0.337 e. The normalized spacial score (nSPS) is 9.33. The van der Waals surface area contributed by atoms with E-state index in [4.69, 9.17) is 10.4 Å². The first-order valence-electron chi connectivity index (χ1n) is 3.58. The summed E-state index contributed by atoms with van der Waals surface area (Å²) in [6, 6.07) is 3.60. The van der Waals surface area contributed by atoms with Gasteiger partial charge >= 0.3 is 5.97 Å². The molecule has 1 aromatic rings. The van der Waals surface area contributed by atoms with Crippen LogP contribution in [0.1, 0.15) is 15.9 Å². The predicted molar refractivity (Wildman–Crippen MR) is 52.5 cm³/mol. The van der Waals surface area contributed by atoms with Gasteiger partial charge in [0.05, 0.1) is 16.1 Å². The zero-order chi connectivity index (χ0) is 11.6. The lowest BCUT2D eigenvalue weighted by atomic mass is 10.1. The van der Waals surface area contributed by atoms with E-state index in [0.717, 1.165) is 12.1 Å². The van der Waals surface area contributed by atoms with Gasteiger partial charge in [0.2, 0.25) is 0 Å². The Labute approximate surface area is 92.0 Å². The fourth-order valence-electron chi connectivity index (χ4n) is 0.980. The van der Waals surface area contributed by atoms with Crippen LogP contribution in [0.5, 0.6) is 0 Å². The highest BCUT2D eigenvalue weighted by molar-refractivity contribution is 9.10. The molecular formula is C8H3BrN2O4. The zero-order valence-electron chi connectivity index (χ0n) is 7.10. The molecule has 76 valence electrons. The highest BCUT2D eigenvalue weighted by atomic mass is 79.9. The van der Waals surface area contributed by atoms with Gasteiger partial charge in [-0.3, -0.25) is 10.1 Å². The van der Waals surface area contributed by atoms with E-state index in [2.05, 4.69) is 15.9 Å². The van der Waals surface area contributed by atoms with E-state index in [-0.39, 0.29) is 15.7 Å². The number of non-ortho nitro benzene ring substituents is 1. The van der Waals surface area contributed by atoms with Crippen molar-refractivity contribution < 1.29 is 14.8 Å². The lowest BCUT2D eigenvalue weighted by molar-refractivity contribution is -0.385. The van der Waals surface area contributed by atoms with E-state index < -0.39 is 16.5 Å². The topological polar surface area (TPSA) is 104 Å². The minimum Gasteiger partial charge on any atom is -0.478 e. The van der Waals surface area contributed by atoms with Crippen LogP contribution in [0.3, 0.4) is 0 Å². The third kappa shape index (κ3) is 2.11. The maximum atomic E-state index is 10.7. The van der Waals surface area contributed by atoms with E-state index in [1.54, 1.807) is 6.07 Å². The van der Waals surface area contributed by atoms with Crippen molar-refractivity contribution in [3.63, 3.8) is 0 Å². The summed E-state index contributed by atoms with van der Waals surface area (Å²) in [6.07, 6.45) is 0. The first-order valence-corrected chi connectivity index (χ1v) is 4.38. The van der Waals surface area contributed by atoms with Crippen LogP contribution in [0.25, 0.3) is 0 Å². The van der Waals surface area contributed by atoms with Gasteiger partial charge in [0, 0.05) is 16.6 Å². The molecule has 0 aromatic heterocycles. The number of aromatic carboxylic acids is 1. The highest BCUT2D eigenvalue weighted by Crippen LogP contribution is 2.26. The Morgan fingerprint density at radius 1 is 1.60 bits per heavy atom. The molecule has 0 aliphatic heterocycles. The summed E-state index contributed by atoms with van der Waals surface area (Å²) in [5, 5.41) is 27.8. The number of nitriles is 1. The summed E-state index contributed by atoms with van der Waals surface area (Å²) in [6.45, 7) is 0. The summed E-state index contributed by atoms with van der Waals surface area (Å²) < 4.78 is 0.0941. The summed E-state index contributed by atoms with van der Waals surface area (Å²) in [4.78, 5) is 20.4. The summed E-state index contributed by atoms with van der Waals surface area (Å²) >= 11 is 2.90. The number of halogens is 1. The van der Waals surface area contributed by atoms with Gasteiger partial charge < -0.3 is 5.11 Å². The van der Waals surface area contributed by atoms with Gasteiger partial charge in [0.15, 0.2) is 0 Å². The zero-order valence-corrected chi connectivity index (χ0v) is 8.69. The molecule has 0 atom stereocenters. The first-order chi connectivity index (χ1) is 6.97. The number of carboxylic acids is 1. The molecule has 0 fully saturated rings. The summed E-state index contributed by atoms with van der Waals surface area (Å²) in [5.74, 6) is -1.38. The first kappa shape index (κ1) is 11.1. The molecule has 0 amide bonds. The van der Waals surface area contributed by atoms with Crippen LogP contribution in [0.2, 0.25) is 0 Å². The molecule has 0 spiro atoms. The Bertz CT molecular complexity index is 492. The van der Waals surface area contributed by atoms with Crippen LogP contribution >= 0.6 is 15.9 Å². The van der Waals surface area contributed by atoms with Gasteiger partial charge in [-0.2, -0.15) is 5.26 Å². The second-order valence-electron chi connectivity index (χ2n) is 2.52. The van der Waals surface area contributed by atoms with Crippen LogP contribution in [-0.2, 0) is 0 Å². The molecule has 0 radical (unpaired) electrons. The number of nitro benzene ring substituents is 1. The van der Waals surface area contributed by atoms with Crippen LogP contribution in [0.15, 0.2) is 16.6 Å². The molecule has 0 saturated heterocycles. The van der Waals surface area contributed by atoms with Crippen LogP contribution < -0.4 is 0 Å². The molecule has 0 bridgehead atoms. The quantitative estimate of drug-likeness (QED) is 0.653. The number of nitro groups is 1. The predicted octanol–water partition coefficient (Wildman–Crippen LogP) is 1.93. The number of carbonyl (C=O) groups is 1. The molecule has 0 aliphatic rings. The molecule has 1 aromatic carbocycles. The highest BCUT2D eigenvalue weighted by Gasteiger charge is 2.19. The molecular weight excluding hydrogens is 268 g/mol. The molecule has 0 unspecified atom stereocenters. The van der Waals surface area contributed by atoms with Gasteiger partial charge in [-0.15, -0.1) is 0 Å². The Morgan fingerprint density at radius 2 is 2.20 bits per heavy atom. The van der Waals surface area contributed by atoms with Gasteiger partial charge in [-0.1, -0.05) is 0 Å². The van der Waals surface area contributed by atoms with E-state index >= 15 is 0 Å². The van der Waals surface area contributed by atoms with Crippen molar-refractivity contribution >= 4 is 27.6 Å². The third-order valence-corrected chi connectivity index (χ3v) is 2.25. The number of benzene rings is 1. The SMILES string of the molecule is N#Cc1c(Br)cc([N+](=O)[O-])cc1C(=O)O.